The first-order chi connectivity index (χ1) is 28.3. The average molecular weight is 756 g/mol. The van der Waals surface area contributed by atoms with E-state index in [0.717, 1.165) is 77.6 Å². The molecule has 0 atom stereocenters. The molecule has 58 heavy (non-hydrogen) atoms. The first-order valence-electron chi connectivity index (χ1n) is 18.5. The van der Waals surface area contributed by atoms with E-state index in [-0.39, 0.29) is 0 Å². The molecule has 0 radical (unpaired) electrons. The van der Waals surface area contributed by atoms with Crippen LogP contribution in [0.5, 0.6) is 0 Å². The summed E-state index contributed by atoms with van der Waals surface area (Å²) in [5.74, 6) is 0. The van der Waals surface area contributed by atoms with E-state index in [4.69, 9.17) is 0 Å². The SMILES string of the molecule is N#Cc1ccc(-c2ccc3c(c2)c2ccccc2n3-c2ccncc2-c2ccc(C(F)(F)F)cc2-n2c3ccccc3c3cc(-c4ccc(C#N)cc4)ccc32)cc1. The normalized spacial score (nSPS) is 11.7. The van der Waals surface area contributed by atoms with Gasteiger partial charge in [0, 0.05) is 45.1 Å². The quantitative estimate of drug-likeness (QED) is 0.176. The maximum atomic E-state index is 14.7. The summed E-state index contributed by atoms with van der Waals surface area (Å²) in [6.45, 7) is 0. The van der Waals surface area contributed by atoms with Crippen LogP contribution in [0.15, 0.2) is 170 Å². The van der Waals surface area contributed by atoms with Crippen LogP contribution in [-0.4, -0.2) is 14.1 Å². The molecule has 0 unspecified atom stereocenters. The van der Waals surface area contributed by atoms with Crippen LogP contribution in [0.2, 0.25) is 0 Å². The molecule has 8 heteroatoms. The molecule has 5 nitrogen and oxygen atoms in total. The van der Waals surface area contributed by atoms with Crippen LogP contribution in [0.1, 0.15) is 16.7 Å². The number of halogens is 3. The summed E-state index contributed by atoms with van der Waals surface area (Å²) in [7, 11) is 0. The lowest BCUT2D eigenvalue weighted by molar-refractivity contribution is -0.137. The van der Waals surface area contributed by atoms with Crippen LogP contribution >= 0.6 is 0 Å². The maximum absolute atomic E-state index is 14.7. The van der Waals surface area contributed by atoms with Gasteiger partial charge in [-0.2, -0.15) is 23.7 Å². The molecule has 0 saturated carbocycles. The lowest BCUT2D eigenvalue weighted by Gasteiger charge is -2.20. The van der Waals surface area contributed by atoms with E-state index in [0.29, 0.717) is 27.9 Å². The molecule has 0 aliphatic heterocycles. The smallest absolute Gasteiger partial charge is 0.309 e. The van der Waals surface area contributed by atoms with E-state index in [2.05, 4.69) is 46.0 Å². The first kappa shape index (κ1) is 34.5. The summed E-state index contributed by atoms with van der Waals surface area (Å²) >= 11 is 0. The Balaban J connectivity index is 1.22. The highest BCUT2D eigenvalue weighted by molar-refractivity contribution is 6.12. The zero-order chi connectivity index (χ0) is 39.5. The fraction of sp³-hybridized carbons (Fsp3) is 0.0200. The van der Waals surface area contributed by atoms with Gasteiger partial charge < -0.3 is 9.13 Å². The van der Waals surface area contributed by atoms with Crippen LogP contribution in [0.3, 0.4) is 0 Å². The van der Waals surface area contributed by atoms with Crippen molar-refractivity contribution >= 4 is 43.6 Å². The van der Waals surface area contributed by atoms with Gasteiger partial charge in [0.05, 0.1) is 62.3 Å². The van der Waals surface area contributed by atoms with Crippen LogP contribution in [0.25, 0.3) is 88.4 Å². The van der Waals surface area contributed by atoms with E-state index in [1.54, 1.807) is 42.7 Å². The Morgan fingerprint density at radius 1 is 0.448 bits per heavy atom. The number of alkyl halides is 3. The van der Waals surface area contributed by atoms with Gasteiger partial charge in [-0.25, -0.2) is 0 Å². The van der Waals surface area contributed by atoms with Gasteiger partial charge in [0.15, 0.2) is 0 Å². The largest absolute Gasteiger partial charge is 0.416 e. The van der Waals surface area contributed by atoms with Crippen molar-refractivity contribution in [1.82, 2.24) is 14.1 Å². The van der Waals surface area contributed by atoms with E-state index in [9.17, 15) is 23.7 Å². The Hall–Kier alpha value is -7.94. The Bertz CT molecular complexity index is 3340. The summed E-state index contributed by atoms with van der Waals surface area (Å²) in [6.07, 6.45) is -1.16. The molecule has 3 heterocycles. The van der Waals surface area contributed by atoms with Gasteiger partial charge in [-0.3, -0.25) is 4.98 Å². The number of para-hydroxylation sites is 2. The summed E-state index contributed by atoms with van der Waals surface area (Å²) in [5, 5.41) is 22.5. The van der Waals surface area contributed by atoms with Gasteiger partial charge in [0.25, 0.3) is 0 Å². The molecule has 0 N–H and O–H groups in total. The van der Waals surface area contributed by atoms with Gasteiger partial charge in [0.1, 0.15) is 0 Å². The summed E-state index contributed by atoms with van der Waals surface area (Å²) < 4.78 is 48.0. The highest BCUT2D eigenvalue weighted by Crippen LogP contribution is 2.43. The highest BCUT2D eigenvalue weighted by atomic mass is 19.4. The predicted octanol–water partition coefficient (Wildman–Crippen LogP) is 13.0. The van der Waals surface area contributed by atoms with Gasteiger partial charge in [-0.05, 0) is 101 Å². The number of hydrogen-bond donors (Lipinski definition) is 0. The third-order valence-electron chi connectivity index (χ3n) is 10.9. The minimum atomic E-state index is -4.59. The summed E-state index contributed by atoms with van der Waals surface area (Å²) in [6, 6.07) is 53.1. The van der Waals surface area contributed by atoms with Gasteiger partial charge in [0.2, 0.25) is 0 Å². The fourth-order valence-corrected chi connectivity index (χ4v) is 8.21. The number of nitrogens with zero attached hydrogens (tertiary/aromatic N) is 5. The number of nitriles is 2. The van der Waals surface area contributed by atoms with Crippen LogP contribution in [-0.2, 0) is 6.18 Å². The molecule has 0 fully saturated rings. The third-order valence-corrected chi connectivity index (χ3v) is 10.9. The number of aromatic nitrogens is 3. The minimum absolute atomic E-state index is 0.366. The standard InChI is InChI=1S/C50H28F3N5/c51-50(52,53)37-19-20-40(49(27-37)58-45-8-4-2-6-39(45)42-26-36(18-22-47(42)58)34-15-11-32(29-55)12-16-34)43-30-56-24-23-48(43)57-44-7-3-1-5-38(44)41-25-35(17-21-46(41)57)33-13-9-31(28-54)10-14-33/h1-27,30H. The van der Waals surface area contributed by atoms with Crippen molar-refractivity contribution in [3.8, 4) is 56.9 Å². The van der Waals surface area contributed by atoms with E-state index < -0.39 is 11.7 Å². The molecule has 0 aliphatic carbocycles. The molecule has 0 amide bonds. The molecular weight excluding hydrogens is 728 g/mol. The van der Waals surface area contributed by atoms with Gasteiger partial charge >= 0.3 is 6.18 Å². The molecule has 10 aromatic rings. The number of pyridine rings is 1. The third kappa shape index (κ3) is 5.58. The van der Waals surface area contributed by atoms with E-state index >= 15 is 0 Å². The first-order valence-corrected chi connectivity index (χ1v) is 18.5. The molecule has 3 aromatic heterocycles. The minimum Gasteiger partial charge on any atom is -0.309 e. The monoisotopic (exact) mass is 755 g/mol. The van der Waals surface area contributed by atoms with Crippen molar-refractivity contribution in [2.45, 2.75) is 6.18 Å². The Labute approximate surface area is 330 Å². The van der Waals surface area contributed by atoms with Crippen LogP contribution in [0, 0.1) is 22.7 Å². The molecule has 0 aliphatic rings. The predicted molar refractivity (Wildman–Crippen MR) is 224 cm³/mol. The summed E-state index contributed by atoms with van der Waals surface area (Å²) in [5.41, 5.74) is 9.93. The lowest BCUT2D eigenvalue weighted by Crippen LogP contribution is -2.08. The van der Waals surface area contributed by atoms with E-state index in [1.807, 2.05) is 95.6 Å². The van der Waals surface area contributed by atoms with Crippen molar-refractivity contribution in [1.29, 1.82) is 10.5 Å². The number of benzene rings is 7. The molecule has 274 valence electrons. The maximum Gasteiger partial charge on any atom is 0.416 e. The number of fused-ring (bicyclic) bond motifs is 6. The van der Waals surface area contributed by atoms with Crippen molar-refractivity contribution in [3.63, 3.8) is 0 Å². The Kier molecular flexibility index (Phi) is 7.96. The topological polar surface area (TPSA) is 70.3 Å². The molecule has 0 spiro atoms. The van der Waals surface area contributed by atoms with Crippen LogP contribution < -0.4 is 0 Å². The molecular formula is C50H28F3N5. The second-order valence-electron chi connectivity index (χ2n) is 14.2. The zero-order valence-corrected chi connectivity index (χ0v) is 30.5. The second kappa shape index (κ2) is 13.4. The number of rotatable bonds is 5. The fourth-order valence-electron chi connectivity index (χ4n) is 8.21. The lowest BCUT2D eigenvalue weighted by atomic mass is 10.00. The van der Waals surface area contributed by atoms with Gasteiger partial charge in [-0.15, -0.1) is 0 Å². The van der Waals surface area contributed by atoms with Crippen molar-refractivity contribution < 1.29 is 13.2 Å². The molecule has 0 bridgehead atoms. The van der Waals surface area contributed by atoms with Crippen molar-refractivity contribution in [2.75, 3.05) is 0 Å². The molecule has 10 rings (SSSR count). The van der Waals surface area contributed by atoms with Crippen molar-refractivity contribution in [3.05, 3.63) is 187 Å². The highest BCUT2D eigenvalue weighted by Gasteiger charge is 2.32. The van der Waals surface area contributed by atoms with E-state index in [1.165, 1.54) is 6.07 Å². The Morgan fingerprint density at radius 2 is 0.931 bits per heavy atom. The Morgan fingerprint density at radius 3 is 1.45 bits per heavy atom. The molecule has 7 aromatic carbocycles. The molecule has 0 saturated heterocycles. The second-order valence-corrected chi connectivity index (χ2v) is 14.2. The van der Waals surface area contributed by atoms with Crippen molar-refractivity contribution in [2.24, 2.45) is 0 Å². The average Bonchev–Trinajstić information content (AvgIpc) is 3.78. The zero-order valence-electron chi connectivity index (χ0n) is 30.5. The van der Waals surface area contributed by atoms with Crippen LogP contribution in [0.4, 0.5) is 13.2 Å². The van der Waals surface area contributed by atoms with Gasteiger partial charge in [-0.1, -0.05) is 78.9 Å². The number of hydrogen-bond acceptors (Lipinski definition) is 3. The summed E-state index contributed by atoms with van der Waals surface area (Å²) in [4.78, 5) is 4.55.